The summed E-state index contributed by atoms with van der Waals surface area (Å²) in [5, 5.41) is 11.3. The van der Waals surface area contributed by atoms with Crippen LogP contribution in [0.1, 0.15) is 27.9 Å². The van der Waals surface area contributed by atoms with E-state index in [9.17, 15) is 14.7 Å². The first-order valence-electron chi connectivity index (χ1n) is 9.63. The molecular weight excluding hydrogens is 489 g/mol. The van der Waals surface area contributed by atoms with E-state index in [0.717, 1.165) is 9.13 Å². The molecule has 3 aromatic carbocycles. The van der Waals surface area contributed by atoms with Crippen LogP contribution in [-0.4, -0.2) is 23.3 Å². The third-order valence-corrected chi connectivity index (χ3v) is 5.94. The molecule has 4 rings (SSSR count). The number of amides is 1. The highest BCUT2D eigenvalue weighted by Crippen LogP contribution is 2.42. The predicted molar refractivity (Wildman–Crippen MR) is 126 cm³/mol. The summed E-state index contributed by atoms with van der Waals surface area (Å²) in [4.78, 5) is 27.6. The Morgan fingerprint density at radius 3 is 2.37 bits per heavy atom. The van der Waals surface area contributed by atoms with Crippen LogP contribution in [0.25, 0.3) is 6.08 Å². The lowest BCUT2D eigenvalue weighted by atomic mass is 9.88. The quantitative estimate of drug-likeness (QED) is 0.384. The smallest absolute Gasteiger partial charge is 0.264 e. The van der Waals surface area contributed by atoms with E-state index in [2.05, 4.69) is 22.6 Å². The second-order valence-electron chi connectivity index (χ2n) is 7.21. The maximum atomic E-state index is 13.2. The van der Waals surface area contributed by atoms with Crippen LogP contribution in [0.5, 0.6) is 0 Å². The Morgan fingerprint density at radius 1 is 0.967 bits per heavy atom. The summed E-state index contributed by atoms with van der Waals surface area (Å²) < 4.78 is 1.02. The maximum Gasteiger partial charge on any atom is 0.264 e. The van der Waals surface area contributed by atoms with Gasteiger partial charge in [-0.05, 0) is 46.4 Å². The Balaban J connectivity index is 1.59. The molecule has 0 radical (unpaired) electrons. The number of Topliss-reactive ketones (excluding diaryl/α,β-unsaturated/α-hetero) is 1. The molecule has 0 bridgehead atoms. The number of carbonyl (C=O) groups is 2. The van der Waals surface area contributed by atoms with Gasteiger partial charge < -0.3 is 10.0 Å². The molecule has 0 aliphatic carbocycles. The topological polar surface area (TPSA) is 57.6 Å². The number of anilines is 1. The van der Waals surface area contributed by atoms with Gasteiger partial charge in [0.2, 0.25) is 0 Å². The number of aliphatic hydroxyl groups is 1. The van der Waals surface area contributed by atoms with Crippen molar-refractivity contribution in [1.82, 2.24) is 0 Å². The monoisotopic (exact) mass is 509 g/mol. The van der Waals surface area contributed by atoms with Crippen LogP contribution < -0.4 is 4.90 Å². The molecule has 0 saturated heterocycles. The van der Waals surface area contributed by atoms with Crippen LogP contribution in [0.15, 0.2) is 84.9 Å². The van der Waals surface area contributed by atoms with Crippen LogP contribution in [0.4, 0.5) is 5.69 Å². The van der Waals surface area contributed by atoms with E-state index in [1.807, 2.05) is 60.7 Å². The minimum atomic E-state index is -1.86. The first-order chi connectivity index (χ1) is 14.5. The molecule has 30 heavy (non-hydrogen) atoms. The number of fused-ring (bicyclic) bond motifs is 1. The lowest BCUT2D eigenvalue weighted by molar-refractivity contribution is -0.135. The second kappa shape index (κ2) is 8.53. The molecule has 3 aromatic rings. The molecule has 1 aliphatic heterocycles. The minimum absolute atomic E-state index is 0.265. The summed E-state index contributed by atoms with van der Waals surface area (Å²) in [5.41, 5.74) is 0.760. The van der Waals surface area contributed by atoms with E-state index in [1.165, 1.54) is 4.90 Å². The SMILES string of the molecule is O=C(CC1(O)C(=O)N(C/C=C/c2ccccc2)c2ccccc21)c1ccc(I)cc1. The molecule has 0 aromatic heterocycles. The molecule has 4 nitrogen and oxygen atoms in total. The van der Waals surface area contributed by atoms with Gasteiger partial charge in [-0.15, -0.1) is 0 Å². The normalized spacial score (nSPS) is 18.1. The largest absolute Gasteiger partial charge is 0.375 e. The highest BCUT2D eigenvalue weighted by atomic mass is 127. The number of hydrogen-bond donors (Lipinski definition) is 1. The van der Waals surface area contributed by atoms with Gasteiger partial charge in [0.15, 0.2) is 11.4 Å². The molecule has 1 amide bonds. The molecule has 1 atom stereocenters. The predicted octanol–water partition coefficient (Wildman–Crippen LogP) is 4.81. The van der Waals surface area contributed by atoms with E-state index in [4.69, 9.17) is 0 Å². The lowest BCUT2D eigenvalue weighted by Gasteiger charge is -2.22. The van der Waals surface area contributed by atoms with Gasteiger partial charge in [0.1, 0.15) is 0 Å². The van der Waals surface area contributed by atoms with Crippen molar-refractivity contribution in [1.29, 1.82) is 0 Å². The number of rotatable bonds is 6. The first-order valence-corrected chi connectivity index (χ1v) is 10.7. The second-order valence-corrected chi connectivity index (χ2v) is 8.46. The molecule has 0 spiro atoms. The number of halogens is 1. The number of hydrogen-bond acceptors (Lipinski definition) is 3. The molecule has 1 aliphatic rings. The lowest BCUT2D eigenvalue weighted by Crippen LogP contribution is -2.42. The number of benzene rings is 3. The van der Waals surface area contributed by atoms with Gasteiger partial charge in [0.25, 0.3) is 5.91 Å². The summed E-state index contributed by atoms with van der Waals surface area (Å²) in [5.74, 6) is -0.737. The molecule has 1 heterocycles. The highest BCUT2D eigenvalue weighted by Gasteiger charge is 2.50. The Bertz CT molecular complexity index is 1110. The summed E-state index contributed by atoms with van der Waals surface area (Å²) >= 11 is 2.17. The Kier molecular flexibility index (Phi) is 5.83. The average molecular weight is 509 g/mol. The van der Waals surface area contributed by atoms with Crippen LogP contribution in [0, 0.1) is 3.57 Å². The molecule has 1 unspecified atom stereocenters. The minimum Gasteiger partial charge on any atom is -0.375 e. The number of carbonyl (C=O) groups excluding carboxylic acids is 2. The van der Waals surface area contributed by atoms with Crippen molar-refractivity contribution in [2.45, 2.75) is 12.0 Å². The zero-order valence-corrected chi connectivity index (χ0v) is 18.3. The van der Waals surface area contributed by atoms with Crippen molar-refractivity contribution in [3.8, 4) is 0 Å². The Morgan fingerprint density at radius 2 is 1.63 bits per heavy atom. The van der Waals surface area contributed by atoms with Crippen molar-refractivity contribution >= 4 is 46.0 Å². The zero-order chi connectivity index (χ0) is 21.1. The maximum absolute atomic E-state index is 13.2. The fraction of sp³-hybridized carbons (Fsp3) is 0.120. The van der Waals surface area contributed by atoms with Gasteiger partial charge in [-0.2, -0.15) is 0 Å². The summed E-state index contributed by atoms with van der Waals surface area (Å²) in [7, 11) is 0. The van der Waals surface area contributed by atoms with Gasteiger partial charge in [0, 0.05) is 21.2 Å². The van der Waals surface area contributed by atoms with E-state index >= 15 is 0 Å². The molecule has 1 N–H and O–H groups in total. The molecule has 150 valence electrons. The summed E-state index contributed by atoms with van der Waals surface area (Å²) in [6.45, 7) is 0.310. The van der Waals surface area contributed by atoms with Crippen molar-refractivity contribution < 1.29 is 14.7 Å². The third-order valence-electron chi connectivity index (χ3n) is 5.22. The van der Waals surface area contributed by atoms with E-state index in [0.29, 0.717) is 23.4 Å². The van der Waals surface area contributed by atoms with Gasteiger partial charge in [-0.3, -0.25) is 9.59 Å². The average Bonchev–Trinajstić information content (AvgIpc) is 2.97. The van der Waals surface area contributed by atoms with Gasteiger partial charge in [0.05, 0.1) is 12.1 Å². The first kappa shape index (κ1) is 20.5. The van der Waals surface area contributed by atoms with Gasteiger partial charge in [-0.1, -0.05) is 72.8 Å². The fourth-order valence-electron chi connectivity index (χ4n) is 3.69. The van der Waals surface area contributed by atoms with E-state index in [-0.39, 0.29) is 12.2 Å². The van der Waals surface area contributed by atoms with Gasteiger partial charge >= 0.3 is 0 Å². The van der Waals surface area contributed by atoms with Crippen LogP contribution >= 0.6 is 22.6 Å². The van der Waals surface area contributed by atoms with E-state index in [1.54, 1.807) is 30.3 Å². The summed E-state index contributed by atoms with van der Waals surface area (Å²) in [6, 6.07) is 24.0. The van der Waals surface area contributed by atoms with Crippen LogP contribution in [0.2, 0.25) is 0 Å². The van der Waals surface area contributed by atoms with Crippen molar-refractivity contribution in [2.75, 3.05) is 11.4 Å². The highest BCUT2D eigenvalue weighted by molar-refractivity contribution is 14.1. The molecule has 0 saturated carbocycles. The number of para-hydroxylation sites is 1. The molecular formula is C25H20INO3. The molecule has 0 fully saturated rings. The Labute approximate surface area is 189 Å². The fourth-order valence-corrected chi connectivity index (χ4v) is 4.05. The summed E-state index contributed by atoms with van der Waals surface area (Å²) in [6.07, 6.45) is 3.53. The van der Waals surface area contributed by atoms with Crippen LogP contribution in [-0.2, 0) is 10.4 Å². The van der Waals surface area contributed by atoms with Crippen molar-refractivity contribution in [3.63, 3.8) is 0 Å². The van der Waals surface area contributed by atoms with Crippen molar-refractivity contribution in [3.05, 3.63) is 105 Å². The van der Waals surface area contributed by atoms with Crippen molar-refractivity contribution in [2.24, 2.45) is 0 Å². The van der Waals surface area contributed by atoms with Crippen LogP contribution in [0.3, 0.4) is 0 Å². The van der Waals surface area contributed by atoms with E-state index < -0.39 is 11.5 Å². The standard InChI is InChI=1S/C25H20INO3/c26-20-14-12-19(13-15-20)23(28)17-25(30)21-10-4-5-11-22(21)27(24(25)29)16-6-9-18-7-2-1-3-8-18/h1-15,30H,16-17H2/b9-6+. The van der Waals surface area contributed by atoms with Gasteiger partial charge in [-0.25, -0.2) is 0 Å². The zero-order valence-electron chi connectivity index (χ0n) is 16.2. The number of nitrogens with zero attached hydrogens (tertiary/aromatic N) is 1. The molecule has 5 heteroatoms. The Hall–Kier alpha value is -2.77. The third kappa shape index (κ3) is 3.95. The number of ketones is 1.